The smallest absolute Gasteiger partial charge is 0.412 e. The van der Waals surface area contributed by atoms with Crippen LogP contribution in [0.15, 0.2) is 48.6 Å². The number of allylic oxidation sites excluding steroid dienone is 1. The Morgan fingerprint density at radius 3 is 2.64 bits per heavy atom. The molecule has 33 heavy (non-hydrogen) atoms. The highest BCUT2D eigenvalue weighted by Crippen LogP contribution is 2.36. The number of methoxy groups -OCH3 is 2. The van der Waals surface area contributed by atoms with Crippen LogP contribution < -0.4 is 19.5 Å². The third-order valence-electron chi connectivity index (χ3n) is 4.90. The number of ether oxygens (including phenoxy) is 5. The van der Waals surface area contributed by atoms with Crippen LogP contribution in [0.4, 0.5) is 10.5 Å². The number of fused-ring (bicyclic) bond motifs is 1. The van der Waals surface area contributed by atoms with Crippen molar-refractivity contribution in [3.63, 3.8) is 0 Å². The third-order valence-corrected chi connectivity index (χ3v) is 4.90. The summed E-state index contributed by atoms with van der Waals surface area (Å²) in [6, 6.07) is 9.56. The molecule has 0 saturated heterocycles. The molecule has 1 aliphatic rings. The van der Waals surface area contributed by atoms with Crippen LogP contribution in [-0.4, -0.2) is 49.4 Å². The Morgan fingerprint density at radius 1 is 1.15 bits per heavy atom. The molecule has 1 heterocycles. The largest absolute Gasteiger partial charge is 0.504 e. The van der Waals surface area contributed by atoms with Gasteiger partial charge in [0.1, 0.15) is 0 Å². The summed E-state index contributed by atoms with van der Waals surface area (Å²) in [6.45, 7) is 0.109. The summed E-state index contributed by atoms with van der Waals surface area (Å²) in [5.74, 6) is 0.166. The first-order valence-corrected chi connectivity index (χ1v) is 10.1. The number of nitrogens with one attached hydrogen (secondary N) is 1. The van der Waals surface area contributed by atoms with Crippen molar-refractivity contribution in [1.29, 1.82) is 0 Å². The van der Waals surface area contributed by atoms with Crippen molar-refractivity contribution in [1.82, 2.24) is 0 Å². The summed E-state index contributed by atoms with van der Waals surface area (Å²) < 4.78 is 26.9. The molecular weight excluding hydrogens is 434 g/mol. The maximum Gasteiger partial charge on any atom is 0.412 e. The predicted octanol–water partition coefficient (Wildman–Crippen LogP) is 3.86. The van der Waals surface area contributed by atoms with Gasteiger partial charge in [0, 0.05) is 24.9 Å². The zero-order valence-electron chi connectivity index (χ0n) is 18.1. The maximum atomic E-state index is 12.7. The van der Waals surface area contributed by atoms with Crippen LogP contribution in [-0.2, 0) is 14.3 Å². The fourth-order valence-electron chi connectivity index (χ4n) is 3.32. The number of hydrogen-bond acceptors (Lipinski definition) is 8. The molecule has 2 aromatic carbocycles. The van der Waals surface area contributed by atoms with E-state index in [9.17, 15) is 14.7 Å². The normalized spacial score (nSPS) is 14.0. The lowest BCUT2D eigenvalue weighted by atomic mass is 9.99. The lowest BCUT2D eigenvalue weighted by Gasteiger charge is -2.26. The number of phenolic OH excluding ortho intramolecular Hbond substituents is 1. The quantitative estimate of drug-likeness (QED) is 0.453. The van der Waals surface area contributed by atoms with E-state index in [-0.39, 0.29) is 18.3 Å². The third kappa shape index (κ3) is 6.30. The number of benzene rings is 2. The highest BCUT2D eigenvalue weighted by atomic mass is 16.7. The molecule has 1 aliphatic heterocycles. The van der Waals surface area contributed by atoms with E-state index in [4.69, 9.17) is 28.8 Å². The minimum absolute atomic E-state index is 0.109. The minimum atomic E-state index is -1.06. The second kappa shape index (κ2) is 11.1. The Hall–Kier alpha value is -3.92. The van der Waals surface area contributed by atoms with Gasteiger partial charge < -0.3 is 33.9 Å². The molecule has 1 amide bonds. The molecular formula is C23H25NO9. The Morgan fingerprint density at radius 2 is 1.94 bits per heavy atom. The highest BCUT2D eigenvalue weighted by Gasteiger charge is 2.28. The number of carbonyl (C=O) groups is 2. The number of carboxylic acid groups (broad SMARTS) is 1. The SMILES string of the molecule is COc1ccc([C@@H](OC(=O)Nc2ccc3c(c2)OCO3)[C@@H](CC/C=C/C(=O)O)OC)cc1O. The fraction of sp³-hybridized carbons (Fsp3) is 0.304. The van der Waals surface area contributed by atoms with E-state index in [1.54, 1.807) is 30.3 Å². The highest BCUT2D eigenvalue weighted by molar-refractivity contribution is 5.85. The van der Waals surface area contributed by atoms with E-state index in [0.29, 0.717) is 35.6 Å². The summed E-state index contributed by atoms with van der Waals surface area (Å²) in [5, 5.41) is 21.6. The second-order valence-corrected chi connectivity index (χ2v) is 7.04. The fourth-order valence-corrected chi connectivity index (χ4v) is 3.32. The molecule has 176 valence electrons. The van der Waals surface area contributed by atoms with Gasteiger partial charge in [-0.2, -0.15) is 0 Å². The Labute approximate surface area is 190 Å². The minimum Gasteiger partial charge on any atom is -0.504 e. The molecule has 0 aromatic heterocycles. The van der Waals surface area contributed by atoms with Gasteiger partial charge in [-0.1, -0.05) is 12.1 Å². The first-order valence-electron chi connectivity index (χ1n) is 10.1. The molecule has 0 saturated carbocycles. The molecule has 2 atom stereocenters. The van der Waals surface area contributed by atoms with Crippen molar-refractivity contribution in [2.24, 2.45) is 0 Å². The van der Waals surface area contributed by atoms with Crippen LogP contribution in [0.2, 0.25) is 0 Å². The summed E-state index contributed by atoms with van der Waals surface area (Å²) in [4.78, 5) is 23.4. The van der Waals surface area contributed by atoms with Gasteiger partial charge in [-0.15, -0.1) is 0 Å². The molecule has 0 radical (unpaired) electrons. The number of anilines is 1. The monoisotopic (exact) mass is 459 g/mol. The van der Waals surface area contributed by atoms with Crippen LogP contribution in [0, 0.1) is 0 Å². The van der Waals surface area contributed by atoms with Gasteiger partial charge >= 0.3 is 12.1 Å². The van der Waals surface area contributed by atoms with Crippen molar-refractivity contribution in [2.45, 2.75) is 25.0 Å². The Balaban J connectivity index is 1.78. The predicted molar refractivity (Wildman–Crippen MR) is 117 cm³/mol. The number of rotatable bonds is 10. The molecule has 10 heteroatoms. The Kier molecular flexibility index (Phi) is 7.98. The van der Waals surface area contributed by atoms with Gasteiger partial charge in [0.05, 0.1) is 13.2 Å². The number of carboxylic acids is 1. The van der Waals surface area contributed by atoms with Crippen molar-refractivity contribution in [3.05, 3.63) is 54.1 Å². The van der Waals surface area contributed by atoms with E-state index in [1.807, 2.05) is 0 Å². The number of hydrogen-bond donors (Lipinski definition) is 3. The zero-order valence-corrected chi connectivity index (χ0v) is 18.1. The average Bonchev–Trinajstić information content (AvgIpc) is 3.25. The molecule has 0 aliphatic carbocycles. The topological polar surface area (TPSA) is 133 Å². The van der Waals surface area contributed by atoms with Gasteiger partial charge in [-0.25, -0.2) is 9.59 Å². The van der Waals surface area contributed by atoms with Crippen molar-refractivity contribution in [2.75, 3.05) is 26.3 Å². The van der Waals surface area contributed by atoms with Crippen molar-refractivity contribution >= 4 is 17.7 Å². The first kappa shape index (κ1) is 23.7. The Bertz CT molecular complexity index is 1020. The van der Waals surface area contributed by atoms with E-state index in [0.717, 1.165) is 6.08 Å². The van der Waals surface area contributed by atoms with Gasteiger partial charge in [-0.3, -0.25) is 5.32 Å². The van der Waals surface area contributed by atoms with Crippen molar-refractivity contribution < 1.29 is 43.5 Å². The molecule has 3 N–H and O–H groups in total. The van der Waals surface area contributed by atoms with Gasteiger partial charge in [-0.05, 0) is 42.7 Å². The van der Waals surface area contributed by atoms with Crippen LogP contribution in [0.25, 0.3) is 0 Å². The summed E-state index contributed by atoms with van der Waals surface area (Å²) in [6.07, 6.45) is 0.971. The number of aromatic hydroxyl groups is 1. The lowest BCUT2D eigenvalue weighted by molar-refractivity contribution is -0.131. The maximum absolute atomic E-state index is 12.7. The molecule has 0 fully saturated rings. The van der Waals surface area contributed by atoms with Crippen LogP contribution in [0.3, 0.4) is 0 Å². The summed E-state index contributed by atoms with van der Waals surface area (Å²) in [7, 11) is 2.88. The standard InChI is InChI=1S/C23H25NO9/c1-29-17-9-7-14(11-16(17)25)22(19(30-2)5-3-4-6-21(26)27)33-23(28)24-15-8-10-18-20(12-15)32-13-31-18/h4,6-12,19,22,25H,3,5,13H2,1-2H3,(H,24,28)(H,26,27)/b6-4+/t19-,22-/m1/s1. The van der Waals surface area contributed by atoms with Crippen LogP contribution in [0.1, 0.15) is 24.5 Å². The molecule has 0 unspecified atom stereocenters. The number of amides is 1. The second-order valence-electron chi connectivity index (χ2n) is 7.04. The van der Waals surface area contributed by atoms with E-state index in [2.05, 4.69) is 5.32 Å². The molecule has 3 rings (SSSR count). The first-order chi connectivity index (χ1) is 15.9. The molecule has 2 aromatic rings. The molecule has 0 bridgehead atoms. The van der Waals surface area contributed by atoms with Gasteiger partial charge in [0.15, 0.2) is 29.1 Å². The number of carbonyl (C=O) groups excluding carboxylic acids is 1. The van der Waals surface area contributed by atoms with E-state index >= 15 is 0 Å². The molecule has 10 nitrogen and oxygen atoms in total. The van der Waals surface area contributed by atoms with Crippen LogP contribution >= 0.6 is 0 Å². The number of aliphatic carboxylic acids is 1. The lowest BCUT2D eigenvalue weighted by Crippen LogP contribution is -2.28. The summed E-state index contributed by atoms with van der Waals surface area (Å²) >= 11 is 0. The van der Waals surface area contributed by atoms with Gasteiger partial charge in [0.2, 0.25) is 6.79 Å². The van der Waals surface area contributed by atoms with Crippen LogP contribution in [0.5, 0.6) is 23.0 Å². The van der Waals surface area contributed by atoms with Crippen molar-refractivity contribution in [3.8, 4) is 23.0 Å². The summed E-state index contributed by atoms with van der Waals surface area (Å²) in [5.41, 5.74) is 0.919. The van der Waals surface area contributed by atoms with Gasteiger partial charge in [0.25, 0.3) is 0 Å². The van der Waals surface area contributed by atoms with E-state index < -0.39 is 24.3 Å². The number of phenols is 1. The molecule has 0 spiro atoms. The average molecular weight is 459 g/mol. The van der Waals surface area contributed by atoms with E-state index in [1.165, 1.54) is 26.4 Å². The zero-order chi connectivity index (χ0) is 23.8.